The van der Waals surface area contributed by atoms with E-state index in [1.807, 2.05) is 36.4 Å². The van der Waals surface area contributed by atoms with Crippen LogP contribution >= 0.6 is 0 Å². The smallest absolute Gasteiger partial charge is 0.426 e. The van der Waals surface area contributed by atoms with Crippen molar-refractivity contribution in [3.05, 3.63) is 48.5 Å². The third-order valence-corrected chi connectivity index (χ3v) is 5.75. The zero-order chi connectivity index (χ0) is 19.2. The van der Waals surface area contributed by atoms with Crippen molar-refractivity contribution >= 4 is 18.6 Å². The number of esters is 1. The molecule has 0 atom stereocenters. The summed E-state index contributed by atoms with van der Waals surface area (Å²) in [5, 5.41) is 0. The summed E-state index contributed by atoms with van der Waals surface area (Å²) in [7, 11) is -0.353. The quantitative estimate of drug-likeness (QED) is 0.468. The Bertz CT molecular complexity index is 820. The van der Waals surface area contributed by atoms with Gasteiger partial charge in [-0.25, -0.2) is 0 Å². The Kier molecular flexibility index (Phi) is 4.40. The van der Waals surface area contributed by atoms with E-state index in [-0.39, 0.29) is 30.2 Å². The fourth-order valence-corrected chi connectivity index (χ4v) is 3.05. The first-order valence-electron chi connectivity index (χ1n) is 9.53. The van der Waals surface area contributed by atoms with Crippen molar-refractivity contribution < 1.29 is 18.8 Å². The van der Waals surface area contributed by atoms with Gasteiger partial charge in [0.15, 0.2) is 0 Å². The number of carbonyl (C=O) groups is 1. The number of benzene rings is 2. The van der Waals surface area contributed by atoms with Crippen molar-refractivity contribution in [2.45, 2.75) is 51.7 Å². The van der Waals surface area contributed by atoms with Crippen molar-refractivity contribution in [2.75, 3.05) is 0 Å². The van der Waals surface area contributed by atoms with Crippen molar-refractivity contribution in [2.24, 2.45) is 5.92 Å². The van der Waals surface area contributed by atoms with E-state index >= 15 is 0 Å². The lowest BCUT2D eigenvalue weighted by Gasteiger charge is -2.32. The third kappa shape index (κ3) is 3.67. The second-order valence-electron chi connectivity index (χ2n) is 8.43. The topological polar surface area (TPSA) is 44.8 Å². The van der Waals surface area contributed by atoms with Gasteiger partial charge in [0.2, 0.25) is 0 Å². The van der Waals surface area contributed by atoms with Gasteiger partial charge in [0.05, 0.1) is 17.1 Å². The Morgan fingerprint density at radius 2 is 1.37 bits per heavy atom. The van der Waals surface area contributed by atoms with Gasteiger partial charge in [-0.2, -0.15) is 0 Å². The summed E-state index contributed by atoms with van der Waals surface area (Å²) >= 11 is 0. The minimum atomic E-state index is -0.353. The second-order valence-corrected chi connectivity index (χ2v) is 8.43. The van der Waals surface area contributed by atoms with E-state index in [0.717, 1.165) is 29.4 Å². The van der Waals surface area contributed by atoms with E-state index < -0.39 is 0 Å². The molecule has 2 aromatic carbocycles. The molecule has 4 rings (SSSR count). The maximum absolute atomic E-state index is 11.7. The molecule has 0 unspecified atom stereocenters. The lowest BCUT2D eigenvalue weighted by Crippen LogP contribution is -2.41. The van der Waals surface area contributed by atoms with Crippen LogP contribution < -0.4 is 10.2 Å². The zero-order valence-corrected chi connectivity index (χ0v) is 16.3. The van der Waals surface area contributed by atoms with Gasteiger partial charge < -0.3 is 14.0 Å². The van der Waals surface area contributed by atoms with Crippen LogP contribution in [-0.2, 0) is 14.1 Å². The summed E-state index contributed by atoms with van der Waals surface area (Å²) in [6.45, 7) is 8.22. The summed E-state index contributed by atoms with van der Waals surface area (Å²) in [4.78, 5) is 11.7. The molecule has 0 N–H and O–H groups in total. The molecule has 1 saturated carbocycles. The Hall–Kier alpha value is -2.11. The summed E-state index contributed by atoms with van der Waals surface area (Å²) in [5.74, 6) is 0.589. The minimum Gasteiger partial charge on any atom is -0.426 e. The third-order valence-electron chi connectivity index (χ3n) is 5.75. The van der Waals surface area contributed by atoms with Gasteiger partial charge in [-0.1, -0.05) is 36.4 Å². The van der Waals surface area contributed by atoms with E-state index in [1.54, 1.807) is 0 Å². The number of rotatable bonds is 4. The molecule has 1 aliphatic carbocycles. The van der Waals surface area contributed by atoms with Crippen LogP contribution in [0, 0.1) is 5.92 Å². The van der Waals surface area contributed by atoms with E-state index in [9.17, 15) is 4.79 Å². The molecule has 27 heavy (non-hydrogen) atoms. The average Bonchev–Trinajstić information content (AvgIpc) is 3.43. The predicted octanol–water partition coefficient (Wildman–Crippen LogP) is 3.97. The lowest BCUT2D eigenvalue weighted by molar-refractivity contribution is -0.135. The summed E-state index contributed by atoms with van der Waals surface area (Å²) in [6.07, 6.45) is 1.90. The summed E-state index contributed by atoms with van der Waals surface area (Å²) in [5.41, 5.74) is 2.48. The van der Waals surface area contributed by atoms with Crippen molar-refractivity contribution in [1.82, 2.24) is 0 Å². The highest BCUT2D eigenvalue weighted by atomic mass is 16.7. The Morgan fingerprint density at radius 3 is 1.85 bits per heavy atom. The van der Waals surface area contributed by atoms with Gasteiger partial charge in [-0.15, -0.1) is 0 Å². The molecular formula is C22H25BO4. The number of hydrogen-bond acceptors (Lipinski definition) is 4. The Morgan fingerprint density at radius 1 is 0.889 bits per heavy atom. The van der Waals surface area contributed by atoms with E-state index in [1.165, 1.54) is 0 Å². The first-order valence-corrected chi connectivity index (χ1v) is 9.53. The predicted molar refractivity (Wildman–Crippen MR) is 106 cm³/mol. The molecule has 1 aliphatic heterocycles. The maximum Gasteiger partial charge on any atom is 0.494 e. The first kappa shape index (κ1) is 18.3. The molecule has 5 heteroatoms. The van der Waals surface area contributed by atoms with Crippen LogP contribution in [0.25, 0.3) is 11.1 Å². The van der Waals surface area contributed by atoms with E-state index in [2.05, 4.69) is 39.8 Å². The van der Waals surface area contributed by atoms with Crippen LogP contribution in [0.15, 0.2) is 48.5 Å². The van der Waals surface area contributed by atoms with Gasteiger partial charge in [-0.3, -0.25) is 4.79 Å². The normalized spacial score (nSPS) is 20.5. The average molecular weight is 364 g/mol. The molecule has 140 valence electrons. The van der Waals surface area contributed by atoms with Gasteiger partial charge >= 0.3 is 13.1 Å². The largest absolute Gasteiger partial charge is 0.494 e. The molecule has 0 amide bonds. The molecule has 1 saturated heterocycles. The highest BCUT2D eigenvalue weighted by molar-refractivity contribution is 6.62. The number of ether oxygens (including phenoxy) is 1. The summed E-state index contributed by atoms with van der Waals surface area (Å²) in [6, 6.07) is 15.8. The standard InChI is InChI=1S/C22H25BO4/c1-21(2)22(3,4)27-23(26-21)18-11-7-15(8-12-18)16-9-13-19(14-10-16)25-20(24)17-5-6-17/h7-14,17H,5-6H2,1-4H3. The van der Waals surface area contributed by atoms with Crippen molar-refractivity contribution in [3.63, 3.8) is 0 Å². The molecular weight excluding hydrogens is 339 g/mol. The molecule has 1 heterocycles. The molecule has 0 spiro atoms. The molecule has 4 nitrogen and oxygen atoms in total. The number of hydrogen-bond donors (Lipinski definition) is 0. The summed E-state index contributed by atoms with van der Waals surface area (Å²) < 4.78 is 17.6. The Labute approximate surface area is 161 Å². The maximum atomic E-state index is 11.7. The van der Waals surface area contributed by atoms with Crippen LogP contribution in [-0.4, -0.2) is 24.3 Å². The van der Waals surface area contributed by atoms with Crippen LogP contribution in [0.1, 0.15) is 40.5 Å². The highest BCUT2D eigenvalue weighted by Crippen LogP contribution is 2.36. The number of carbonyl (C=O) groups excluding carboxylic acids is 1. The first-order chi connectivity index (χ1) is 12.7. The fourth-order valence-electron chi connectivity index (χ4n) is 3.05. The zero-order valence-electron chi connectivity index (χ0n) is 16.3. The minimum absolute atomic E-state index is 0.104. The molecule has 0 bridgehead atoms. The van der Waals surface area contributed by atoms with Gasteiger partial charge in [0.25, 0.3) is 0 Å². The van der Waals surface area contributed by atoms with Crippen LogP contribution in [0.2, 0.25) is 0 Å². The molecule has 0 aromatic heterocycles. The molecule has 2 aliphatic rings. The van der Waals surface area contributed by atoms with E-state index in [0.29, 0.717) is 5.75 Å². The van der Waals surface area contributed by atoms with Crippen LogP contribution in [0.3, 0.4) is 0 Å². The fraction of sp³-hybridized carbons (Fsp3) is 0.409. The molecule has 2 fully saturated rings. The Balaban J connectivity index is 1.45. The van der Waals surface area contributed by atoms with Crippen LogP contribution in [0.5, 0.6) is 5.75 Å². The second kappa shape index (κ2) is 6.50. The monoisotopic (exact) mass is 364 g/mol. The highest BCUT2D eigenvalue weighted by Gasteiger charge is 2.51. The van der Waals surface area contributed by atoms with Gasteiger partial charge in [0, 0.05) is 0 Å². The van der Waals surface area contributed by atoms with E-state index in [4.69, 9.17) is 14.0 Å². The SMILES string of the molecule is CC1(C)OB(c2ccc(-c3ccc(OC(=O)C4CC4)cc3)cc2)OC1(C)C. The van der Waals surface area contributed by atoms with Gasteiger partial charge in [0.1, 0.15) is 5.75 Å². The van der Waals surface area contributed by atoms with Crippen molar-refractivity contribution in [1.29, 1.82) is 0 Å². The molecule has 0 radical (unpaired) electrons. The molecule has 2 aromatic rings. The van der Waals surface area contributed by atoms with Crippen molar-refractivity contribution in [3.8, 4) is 16.9 Å². The van der Waals surface area contributed by atoms with Crippen LogP contribution in [0.4, 0.5) is 0 Å². The van der Waals surface area contributed by atoms with Gasteiger partial charge in [-0.05, 0) is 69.3 Å². The lowest BCUT2D eigenvalue weighted by atomic mass is 9.78.